The summed E-state index contributed by atoms with van der Waals surface area (Å²) in [4.78, 5) is 28.6. The van der Waals surface area contributed by atoms with Crippen molar-refractivity contribution in [1.29, 1.82) is 0 Å². The van der Waals surface area contributed by atoms with E-state index in [-0.39, 0.29) is 24.4 Å². The maximum absolute atomic E-state index is 12.7. The first-order chi connectivity index (χ1) is 12.6. The molecule has 0 bridgehead atoms. The summed E-state index contributed by atoms with van der Waals surface area (Å²) >= 11 is 0. The molecule has 1 heterocycles. The molecule has 0 aromatic heterocycles. The average Bonchev–Trinajstić information content (AvgIpc) is 2.69. The van der Waals surface area contributed by atoms with Crippen LogP contribution >= 0.6 is 0 Å². The van der Waals surface area contributed by atoms with Crippen molar-refractivity contribution in [2.24, 2.45) is 0 Å². The number of hydrogen-bond donors (Lipinski definition) is 0. The highest BCUT2D eigenvalue weighted by Crippen LogP contribution is 2.26. The van der Waals surface area contributed by atoms with Crippen molar-refractivity contribution in [3.8, 4) is 5.75 Å². The van der Waals surface area contributed by atoms with Crippen LogP contribution in [0.3, 0.4) is 0 Å². The fourth-order valence-corrected chi connectivity index (χ4v) is 3.35. The Labute approximate surface area is 154 Å². The highest BCUT2D eigenvalue weighted by molar-refractivity contribution is 5.98. The van der Waals surface area contributed by atoms with Crippen molar-refractivity contribution in [3.63, 3.8) is 0 Å². The molecule has 0 radical (unpaired) electrons. The van der Waals surface area contributed by atoms with Gasteiger partial charge in [0.05, 0.1) is 13.2 Å². The van der Waals surface area contributed by atoms with Crippen LogP contribution in [0.5, 0.6) is 5.75 Å². The SMILES string of the molecule is CCC(=O)N1CC(=O)N(c2cccc(OC)c2)C[C@H]1Cc1ccccc1. The highest BCUT2D eigenvalue weighted by atomic mass is 16.5. The standard InChI is InChI=1S/C21H24N2O3/c1-3-20(24)23-15-21(25)22(17-10-7-11-19(13-17)26-2)14-18(23)12-16-8-5-4-6-9-16/h4-11,13,18H,3,12,14-15H2,1-2H3/t18-/m1/s1. The molecule has 2 aromatic rings. The molecule has 0 spiro atoms. The second-order valence-electron chi connectivity index (χ2n) is 6.42. The van der Waals surface area contributed by atoms with Crippen LogP contribution < -0.4 is 9.64 Å². The molecule has 26 heavy (non-hydrogen) atoms. The Hall–Kier alpha value is -2.82. The van der Waals surface area contributed by atoms with Crippen LogP contribution in [0.2, 0.25) is 0 Å². The first-order valence-corrected chi connectivity index (χ1v) is 8.90. The summed E-state index contributed by atoms with van der Waals surface area (Å²) in [5.41, 5.74) is 1.96. The Balaban J connectivity index is 1.87. The zero-order valence-electron chi connectivity index (χ0n) is 15.2. The third-order valence-electron chi connectivity index (χ3n) is 4.74. The molecule has 0 aliphatic carbocycles. The molecule has 1 atom stereocenters. The van der Waals surface area contributed by atoms with Gasteiger partial charge in [-0.2, -0.15) is 0 Å². The number of hydrogen-bond acceptors (Lipinski definition) is 3. The van der Waals surface area contributed by atoms with E-state index in [1.807, 2.05) is 49.4 Å². The van der Waals surface area contributed by atoms with Gasteiger partial charge in [0.15, 0.2) is 0 Å². The zero-order valence-corrected chi connectivity index (χ0v) is 15.2. The van der Waals surface area contributed by atoms with E-state index in [1.54, 1.807) is 16.9 Å². The summed E-state index contributed by atoms with van der Waals surface area (Å²) in [6, 6.07) is 17.5. The maximum atomic E-state index is 12.7. The van der Waals surface area contributed by atoms with Gasteiger partial charge in [-0.15, -0.1) is 0 Å². The van der Waals surface area contributed by atoms with E-state index in [1.165, 1.54) is 0 Å². The third-order valence-corrected chi connectivity index (χ3v) is 4.74. The Morgan fingerprint density at radius 3 is 2.62 bits per heavy atom. The number of rotatable bonds is 5. The van der Waals surface area contributed by atoms with Gasteiger partial charge in [-0.05, 0) is 24.1 Å². The van der Waals surface area contributed by atoms with E-state index in [2.05, 4.69) is 12.1 Å². The Morgan fingerprint density at radius 1 is 1.15 bits per heavy atom. The highest BCUT2D eigenvalue weighted by Gasteiger charge is 2.35. The van der Waals surface area contributed by atoms with E-state index >= 15 is 0 Å². The van der Waals surface area contributed by atoms with Crippen LogP contribution in [0.25, 0.3) is 0 Å². The first-order valence-electron chi connectivity index (χ1n) is 8.90. The van der Waals surface area contributed by atoms with Gasteiger partial charge in [-0.3, -0.25) is 9.59 Å². The van der Waals surface area contributed by atoms with Gasteiger partial charge in [0, 0.05) is 24.7 Å². The molecular formula is C21H24N2O3. The molecule has 2 aromatic carbocycles. The van der Waals surface area contributed by atoms with Crippen LogP contribution in [0.15, 0.2) is 54.6 Å². The summed E-state index contributed by atoms with van der Waals surface area (Å²) < 4.78 is 5.28. The first kappa shape index (κ1) is 18.0. The maximum Gasteiger partial charge on any atom is 0.246 e. The molecule has 5 nitrogen and oxygen atoms in total. The van der Waals surface area contributed by atoms with E-state index in [0.717, 1.165) is 17.7 Å². The summed E-state index contributed by atoms with van der Waals surface area (Å²) in [6.45, 7) is 2.43. The fraction of sp³-hybridized carbons (Fsp3) is 0.333. The molecule has 1 saturated heterocycles. The monoisotopic (exact) mass is 352 g/mol. The Morgan fingerprint density at radius 2 is 1.92 bits per heavy atom. The molecular weight excluding hydrogens is 328 g/mol. The number of carbonyl (C=O) groups excluding carboxylic acids is 2. The molecule has 1 fully saturated rings. The zero-order chi connectivity index (χ0) is 18.5. The second kappa shape index (κ2) is 8.04. The predicted octanol–water partition coefficient (Wildman–Crippen LogP) is 2.89. The molecule has 2 amide bonds. The smallest absolute Gasteiger partial charge is 0.246 e. The molecule has 1 aliphatic rings. The Bertz CT molecular complexity index is 776. The van der Waals surface area contributed by atoms with E-state index in [4.69, 9.17) is 4.74 Å². The minimum Gasteiger partial charge on any atom is -0.497 e. The average molecular weight is 352 g/mol. The van der Waals surface area contributed by atoms with Gasteiger partial charge in [-0.1, -0.05) is 43.3 Å². The number of methoxy groups -OCH3 is 1. The van der Waals surface area contributed by atoms with Crippen molar-refractivity contribution in [2.75, 3.05) is 25.1 Å². The van der Waals surface area contributed by atoms with Crippen LogP contribution in [0, 0.1) is 0 Å². The van der Waals surface area contributed by atoms with Crippen LogP contribution in [0.4, 0.5) is 5.69 Å². The second-order valence-corrected chi connectivity index (χ2v) is 6.42. The summed E-state index contributed by atoms with van der Waals surface area (Å²) in [6.07, 6.45) is 1.12. The summed E-state index contributed by atoms with van der Waals surface area (Å²) in [5, 5.41) is 0. The van der Waals surface area contributed by atoms with Crippen molar-refractivity contribution < 1.29 is 14.3 Å². The van der Waals surface area contributed by atoms with E-state index in [0.29, 0.717) is 18.7 Å². The number of ether oxygens (including phenoxy) is 1. The quantitative estimate of drug-likeness (QED) is 0.831. The minimum atomic E-state index is -0.0654. The van der Waals surface area contributed by atoms with Crippen molar-refractivity contribution in [3.05, 3.63) is 60.2 Å². The van der Waals surface area contributed by atoms with Crippen LogP contribution in [-0.2, 0) is 16.0 Å². The van der Waals surface area contributed by atoms with Crippen molar-refractivity contribution in [1.82, 2.24) is 4.90 Å². The lowest BCUT2D eigenvalue weighted by Gasteiger charge is -2.41. The van der Waals surface area contributed by atoms with Gasteiger partial charge < -0.3 is 14.5 Å². The van der Waals surface area contributed by atoms with Crippen LogP contribution in [-0.4, -0.2) is 43.0 Å². The van der Waals surface area contributed by atoms with Gasteiger partial charge in [0.2, 0.25) is 11.8 Å². The number of amides is 2. The number of piperazine rings is 1. The lowest BCUT2D eigenvalue weighted by atomic mass is 10.0. The lowest BCUT2D eigenvalue weighted by Crippen LogP contribution is -2.58. The van der Waals surface area contributed by atoms with Gasteiger partial charge in [0.1, 0.15) is 12.3 Å². The molecule has 1 aliphatic heterocycles. The van der Waals surface area contributed by atoms with Crippen molar-refractivity contribution >= 4 is 17.5 Å². The third kappa shape index (κ3) is 3.87. The molecule has 0 saturated carbocycles. The molecule has 5 heteroatoms. The van der Waals surface area contributed by atoms with Gasteiger partial charge in [-0.25, -0.2) is 0 Å². The number of anilines is 1. The number of nitrogens with zero attached hydrogens (tertiary/aromatic N) is 2. The molecule has 0 N–H and O–H groups in total. The number of carbonyl (C=O) groups is 2. The van der Waals surface area contributed by atoms with Gasteiger partial charge in [0.25, 0.3) is 0 Å². The van der Waals surface area contributed by atoms with Gasteiger partial charge >= 0.3 is 0 Å². The normalized spacial score (nSPS) is 17.3. The minimum absolute atomic E-state index is 0.0181. The van der Waals surface area contributed by atoms with Crippen LogP contribution in [0.1, 0.15) is 18.9 Å². The van der Waals surface area contributed by atoms with Crippen molar-refractivity contribution in [2.45, 2.75) is 25.8 Å². The largest absolute Gasteiger partial charge is 0.497 e. The molecule has 136 valence electrons. The predicted molar refractivity (Wildman–Crippen MR) is 101 cm³/mol. The van der Waals surface area contributed by atoms with E-state index < -0.39 is 0 Å². The summed E-state index contributed by atoms with van der Waals surface area (Å²) in [5.74, 6) is 0.663. The number of benzene rings is 2. The lowest BCUT2D eigenvalue weighted by molar-refractivity contribution is -0.139. The summed E-state index contributed by atoms with van der Waals surface area (Å²) in [7, 11) is 1.61. The van der Waals surface area contributed by atoms with E-state index in [9.17, 15) is 9.59 Å². The fourth-order valence-electron chi connectivity index (χ4n) is 3.35. The Kier molecular flexibility index (Phi) is 5.56. The molecule has 3 rings (SSSR count). The topological polar surface area (TPSA) is 49.9 Å². The molecule has 0 unspecified atom stereocenters.